The van der Waals surface area contributed by atoms with Crippen LogP contribution in [0.1, 0.15) is 11.1 Å². The Balaban J connectivity index is 1.98. The number of carbonyl (C=O) groups excluding carboxylic acids is 1. The maximum absolute atomic E-state index is 11.2. The number of fused-ring (bicyclic) bond motifs is 1. The zero-order valence-electron chi connectivity index (χ0n) is 9.08. The van der Waals surface area contributed by atoms with Gasteiger partial charge in [0.1, 0.15) is 5.60 Å². The van der Waals surface area contributed by atoms with Gasteiger partial charge in [0, 0.05) is 12.8 Å². The topological polar surface area (TPSA) is 47.6 Å². The van der Waals surface area contributed by atoms with Gasteiger partial charge in [-0.15, -0.1) is 0 Å². The predicted octanol–water partition coefficient (Wildman–Crippen LogP) is 1.05. The summed E-state index contributed by atoms with van der Waals surface area (Å²) in [5.74, 6) is 0.0588. The van der Waals surface area contributed by atoms with Gasteiger partial charge in [-0.05, 0) is 17.2 Å². The maximum atomic E-state index is 11.2. The number of carbonyl (C=O) groups is 1. The Bertz CT molecular complexity index is 446. The van der Waals surface area contributed by atoms with E-state index in [-0.39, 0.29) is 11.5 Å². The highest BCUT2D eigenvalue weighted by molar-refractivity contribution is 5.99. The Morgan fingerprint density at radius 2 is 2.25 bits per heavy atom. The number of hydrogen-bond donors (Lipinski definition) is 1. The van der Waals surface area contributed by atoms with E-state index < -0.39 is 0 Å². The number of benzene rings is 1. The van der Waals surface area contributed by atoms with Crippen LogP contribution in [0.15, 0.2) is 18.2 Å². The maximum Gasteiger partial charge on any atom is 0.228 e. The van der Waals surface area contributed by atoms with Crippen molar-refractivity contribution in [1.29, 1.82) is 0 Å². The van der Waals surface area contributed by atoms with Crippen LogP contribution >= 0.6 is 0 Å². The highest BCUT2D eigenvalue weighted by atomic mass is 16.6. The number of nitrogens with one attached hydrogen (secondary N) is 1. The van der Waals surface area contributed by atoms with Gasteiger partial charge >= 0.3 is 0 Å². The summed E-state index contributed by atoms with van der Waals surface area (Å²) in [6.45, 7) is 1.17. The second kappa shape index (κ2) is 3.30. The van der Waals surface area contributed by atoms with Crippen molar-refractivity contribution in [3.8, 4) is 0 Å². The molecule has 4 heteroatoms. The minimum absolute atomic E-state index is 0.0588. The van der Waals surface area contributed by atoms with Crippen LogP contribution < -0.4 is 5.32 Å². The summed E-state index contributed by atoms with van der Waals surface area (Å²) in [5.41, 5.74) is 2.75. The Hall–Kier alpha value is -1.39. The Kier molecular flexibility index (Phi) is 2.02. The fourth-order valence-electron chi connectivity index (χ4n) is 2.20. The highest BCUT2D eigenvalue weighted by Gasteiger charge is 2.41. The van der Waals surface area contributed by atoms with Gasteiger partial charge in [0.15, 0.2) is 0 Å². The van der Waals surface area contributed by atoms with Crippen molar-refractivity contribution in [2.75, 3.05) is 25.6 Å². The summed E-state index contributed by atoms with van der Waals surface area (Å²) in [7, 11) is 1.69. The molecule has 1 aromatic rings. The van der Waals surface area contributed by atoms with Crippen LogP contribution in [-0.4, -0.2) is 26.2 Å². The molecule has 1 fully saturated rings. The molecule has 2 aliphatic heterocycles. The van der Waals surface area contributed by atoms with Crippen LogP contribution in [-0.2, 0) is 26.3 Å². The second-order valence-corrected chi connectivity index (χ2v) is 4.29. The van der Waals surface area contributed by atoms with Gasteiger partial charge in [0.2, 0.25) is 5.91 Å². The molecule has 2 aliphatic rings. The van der Waals surface area contributed by atoms with Crippen LogP contribution in [0.4, 0.5) is 5.69 Å². The summed E-state index contributed by atoms with van der Waals surface area (Å²) >= 11 is 0. The molecule has 0 radical (unpaired) electrons. The first-order valence-corrected chi connectivity index (χ1v) is 5.30. The van der Waals surface area contributed by atoms with Gasteiger partial charge in [-0.2, -0.15) is 0 Å². The smallest absolute Gasteiger partial charge is 0.228 e. The van der Waals surface area contributed by atoms with Gasteiger partial charge in [0.25, 0.3) is 0 Å². The van der Waals surface area contributed by atoms with Gasteiger partial charge in [-0.25, -0.2) is 0 Å². The van der Waals surface area contributed by atoms with Crippen LogP contribution in [0.5, 0.6) is 0 Å². The van der Waals surface area contributed by atoms with E-state index in [0.717, 1.165) is 16.8 Å². The second-order valence-electron chi connectivity index (χ2n) is 4.29. The first-order chi connectivity index (χ1) is 7.73. The molecule has 2 heterocycles. The van der Waals surface area contributed by atoms with Crippen LogP contribution in [0.3, 0.4) is 0 Å². The molecule has 0 bridgehead atoms. The molecular weight excluding hydrogens is 206 g/mol. The van der Waals surface area contributed by atoms with E-state index in [1.165, 1.54) is 0 Å². The van der Waals surface area contributed by atoms with Crippen LogP contribution in [0.2, 0.25) is 0 Å². The largest absolute Gasteiger partial charge is 0.375 e. The van der Waals surface area contributed by atoms with E-state index in [1.54, 1.807) is 7.11 Å². The highest BCUT2D eigenvalue weighted by Crippen LogP contribution is 2.36. The first-order valence-electron chi connectivity index (χ1n) is 5.30. The van der Waals surface area contributed by atoms with E-state index in [9.17, 15) is 4.79 Å². The zero-order valence-corrected chi connectivity index (χ0v) is 9.08. The molecule has 0 atom stereocenters. The molecule has 1 aromatic carbocycles. The molecule has 4 nitrogen and oxygen atoms in total. The van der Waals surface area contributed by atoms with Crippen molar-refractivity contribution in [3.05, 3.63) is 29.3 Å². The molecule has 0 aromatic heterocycles. The zero-order chi connectivity index (χ0) is 11.2. The lowest BCUT2D eigenvalue weighted by Gasteiger charge is -2.40. The van der Waals surface area contributed by atoms with E-state index >= 15 is 0 Å². The third-order valence-electron chi connectivity index (χ3n) is 3.32. The lowest BCUT2D eigenvalue weighted by molar-refractivity contribution is -0.202. The Morgan fingerprint density at radius 1 is 1.44 bits per heavy atom. The van der Waals surface area contributed by atoms with Crippen molar-refractivity contribution >= 4 is 11.6 Å². The van der Waals surface area contributed by atoms with Crippen LogP contribution in [0, 0.1) is 0 Å². The Morgan fingerprint density at radius 3 is 2.88 bits per heavy atom. The number of rotatable bonds is 2. The third kappa shape index (κ3) is 1.27. The number of anilines is 1. The molecule has 84 valence electrons. The van der Waals surface area contributed by atoms with E-state index in [4.69, 9.17) is 9.47 Å². The molecule has 0 unspecified atom stereocenters. The van der Waals surface area contributed by atoms with Crippen molar-refractivity contribution < 1.29 is 14.3 Å². The predicted molar refractivity (Wildman–Crippen MR) is 58.3 cm³/mol. The van der Waals surface area contributed by atoms with Crippen molar-refractivity contribution in [2.24, 2.45) is 0 Å². The molecule has 16 heavy (non-hydrogen) atoms. The number of amides is 1. The first kappa shape index (κ1) is 9.81. The third-order valence-corrected chi connectivity index (χ3v) is 3.32. The summed E-state index contributed by atoms with van der Waals surface area (Å²) < 4.78 is 10.7. The number of hydrogen-bond acceptors (Lipinski definition) is 3. The Labute approximate surface area is 93.5 Å². The SMILES string of the molecule is COC1(c2ccc3c(c2)CC(=O)N3)COC1. The lowest BCUT2D eigenvalue weighted by atomic mass is 9.90. The standard InChI is InChI=1S/C12H13NO3/c1-15-12(6-16-7-12)9-2-3-10-8(4-9)5-11(14)13-10/h2-4H,5-7H2,1H3,(H,13,14). The van der Waals surface area contributed by atoms with Crippen molar-refractivity contribution in [1.82, 2.24) is 0 Å². The average molecular weight is 219 g/mol. The monoisotopic (exact) mass is 219 g/mol. The summed E-state index contributed by atoms with van der Waals surface area (Å²) in [4.78, 5) is 11.2. The van der Waals surface area contributed by atoms with E-state index in [0.29, 0.717) is 19.6 Å². The molecule has 1 saturated heterocycles. The van der Waals surface area contributed by atoms with Gasteiger partial charge in [0.05, 0.1) is 19.6 Å². The average Bonchev–Trinajstić information content (AvgIpc) is 2.56. The van der Waals surface area contributed by atoms with Gasteiger partial charge in [-0.3, -0.25) is 4.79 Å². The molecule has 0 aliphatic carbocycles. The minimum Gasteiger partial charge on any atom is -0.375 e. The molecular formula is C12H13NO3. The summed E-state index contributed by atoms with van der Waals surface area (Å²) in [5, 5.41) is 2.82. The number of ether oxygens (including phenoxy) is 2. The molecule has 0 saturated carbocycles. The normalized spacial score (nSPS) is 21.2. The van der Waals surface area contributed by atoms with Gasteiger partial charge < -0.3 is 14.8 Å². The van der Waals surface area contributed by atoms with Gasteiger partial charge in [-0.1, -0.05) is 12.1 Å². The van der Waals surface area contributed by atoms with E-state index in [2.05, 4.69) is 5.32 Å². The quantitative estimate of drug-likeness (QED) is 0.808. The lowest BCUT2D eigenvalue weighted by Crippen LogP contribution is -2.48. The minimum atomic E-state index is -0.305. The molecule has 0 spiro atoms. The summed E-state index contributed by atoms with van der Waals surface area (Å²) in [6.07, 6.45) is 0.462. The number of methoxy groups -OCH3 is 1. The van der Waals surface area contributed by atoms with Crippen LogP contribution in [0.25, 0.3) is 0 Å². The molecule has 3 rings (SSSR count). The fraction of sp³-hybridized carbons (Fsp3) is 0.417. The fourth-order valence-corrected chi connectivity index (χ4v) is 2.20. The van der Waals surface area contributed by atoms with Crippen molar-refractivity contribution in [2.45, 2.75) is 12.0 Å². The van der Waals surface area contributed by atoms with E-state index in [1.807, 2.05) is 18.2 Å². The van der Waals surface area contributed by atoms with Crippen molar-refractivity contribution in [3.63, 3.8) is 0 Å². The molecule has 1 N–H and O–H groups in total. The molecule has 1 amide bonds. The summed E-state index contributed by atoms with van der Waals surface area (Å²) in [6, 6.07) is 5.98.